The van der Waals surface area contributed by atoms with Crippen molar-refractivity contribution < 1.29 is 115 Å². The maximum absolute atomic E-state index is 14.6. The van der Waals surface area contributed by atoms with Crippen LogP contribution in [-0.2, 0) is 99.4 Å². The van der Waals surface area contributed by atoms with Crippen molar-refractivity contribution in [3.8, 4) is 0 Å². The van der Waals surface area contributed by atoms with Crippen molar-refractivity contribution >= 4 is 41.2 Å². The molecule has 16 atom stereocenters. The van der Waals surface area contributed by atoms with E-state index in [1.165, 1.54) is 21.1 Å². The number of carbonyl (C=O) groups excluding carboxylic acids is 7. The zero-order chi connectivity index (χ0) is 56.7. The second kappa shape index (κ2) is 31.5. The Morgan fingerprint density at radius 1 is 0.896 bits per heavy atom. The largest absolute Gasteiger partial charge is 0.487 e. The van der Waals surface area contributed by atoms with Gasteiger partial charge in [0.2, 0.25) is 5.79 Å². The molecular formula is C58H88NO17Y-. The number of esters is 3. The third-order valence-corrected chi connectivity index (χ3v) is 16.1. The number of fused-ring (bicyclic) bond motifs is 3. The van der Waals surface area contributed by atoms with Crippen molar-refractivity contribution in [2.45, 2.75) is 187 Å². The van der Waals surface area contributed by atoms with Crippen molar-refractivity contribution in [3.63, 3.8) is 0 Å². The zero-order valence-corrected chi connectivity index (χ0v) is 50.3. The van der Waals surface area contributed by atoms with Gasteiger partial charge >= 0.3 is 11.9 Å². The average molecular weight is 1160 g/mol. The molecule has 2 saturated heterocycles. The molecule has 4 rings (SSSR count). The molecule has 77 heavy (non-hydrogen) atoms. The van der Waals surface area contributed by atoms with Gasteiger partial charge < -0.3 is 53.4 Å². The number of amides is 1. The molecule has 0 spiro atoms. The summed E-state index contributed by atoms with van der Waals surface area (Å²) in [5, 5.41) is 33.6. The maximum Gasteiger partial charge on any atom is 0.329 e. The Labute approximate surface area is 481 Å². The number of aliphatic hydroxyl groups excluding tert-OH is 2. The molecule has 0 aromatic carbocycles. The van der Waals surface area contributed by atoms with E-state index in [1.807, 2.05) is 51.2 Å². The van der Waals surface area contributed by atoms with Gasteiger partial charge in [0.05, 0.1) is 24.9 Å². The van der Waals surface area contributed by atoms with Gasteiger partial charge in [0, 0.05) is 91.2 Å². The molecule has 1 amide bonds. The van der Waals surface area contributed by atoms with Crippen LogP contribution in [0.25, 0.3) is 0 Å². The fourth-order valence-corrected chi connectivity index (χ4v) is 10.9. The fourth-order valence-electron chi connectivity index (χ4n) is 10.9. The third-order valence-electron chi connectivity index (χ3n) is 16.1. The van der Waals surface area contributed by atoms with Gasteiger partial charge in [-0.2, -0.15) is 0 Å². The van der Waals surface area contributed by atoms with E-state index in [4.69, 9.17) is 33.2 Å². The normalized spacial score (nSPS) is 36.5. The first kappa shape index (κ1) is 67.8. The van der Waals surface area contributed by atoms with Crippen LogP contribution in [0.5, 0.6) is 0 Å². The molecular weight excluding hydrogens is 1070 g/mol. The predicted octanol–water partition coefficient (Wildman–Crippen LogP) is 6.10. The molecule has 3 heterocycles. The van der Waals surface area contributed by atoms with Crippen LogP contribution in [0.1, 0.15) is 132 Å². The molecule has 3 N–H and O–H groups in total. The number of ketones is 3. The van der Waals surface area contributed by atoms with E-state index in [9.17, 15) is 48.9 Å². The van der Waals surface area contributed by atoms with Crippen molar-refractivity contribution in [2.24, 2.45) is 40.9 Å². The van der Waals surface area contributed by atoms with Gasteiger partial charge in [-0.25, -0.2) is 4.79 Å². The van der Waals surface area contributed by atoms with Crippen molar-refractivity contribution in [3.05, 3.63) is 54.5 Å². The maximum atomic E-state index is 14.6. The van der Waals surface area contributed by atoms with Gasteiger partial charge in [0.15, 0.2) is 11.8 Å². The van der Waals surface area contributed by atoms with E-state index < -0.39 is 126 Å². The number of carbonyl (C=O) groups is 7. The number of allylic oxidation sites excluding steroid dienone is 6. The summed E-state index contributed by atoms with van der Waals surface area (Å²) < 4.78 is 40.5. The number of hydrogen-bond acceptors (Lipinski definition) is 17. The van der Waals surface area contributed by atoms with Gasteiger partial charge in [0.1, 0.15) is 48.3 Å². The van der Waals surface area contributed by atoms with Gasteiger partial charge in [-0.1, -0.05) is 71.1 Å². The minimum atomic E-state index is -2.48. The summed E-state index contributed by atoms with van der Waals surface area (Å²) in [7, 11) is 4.40. The smallest absolute Gasteiger partial charge is 0.329 e. The minimum Gasteiger partial charge on any atom is -0.487 e. The topological polar surface area (TPSA) is 248 Å². The summed E-state index contributed by atoms with van der Waals surface area (Å²) in [4.78, 5) is 97.3. The number of aliphatic hydroxyl groups is 3. The summed E-state index contributed by atoms with van der Waals surface area (Å²) in [5.74, 6) is -10.4. The average Bonchev–Trinajstić information content (AvgIpc) is 3.39. The number of cyclic esters (lactones) is 1. The van der Waals surface area contributed by atoms with E-state index in [2.05, 4.69) is 6.92 Å². The number of Topliss-reactive ketones (excluding diaryl/α,β-unsaturated/α-hetero) is 3. The molecule has 2 bridgehead atoms. The van der Waals surface area contributed by atoms with Crippen LogP contribution >= 0.6 is 0 Å². The first-order chi connectivity index (χ1) is 35.8. The molecule has 1 unspecified atom stereocenters. The molecule has 18 nitrogen and oxygen atoms in total. The van der Waals surface area contributed by atoms with Gasteiger partial charge in [-0.15, -0.1) is 0 Å². The van der Waals surface area contributed by atoms with E-state index in [1.54, 1.807) is 40.9 Å². The van der Waals surface area contributed by atoms with Gasteiger partial charge in [-0.3, -0.25) is 35.7 Å². The molecule has 1 radical (unpaired) electrons. The van der Waals surface area contributed by atoms with Crippen LogP contribution in [0, 0.1) is 47.8 Å². The van der Waals surface area contributed by atoms with E-state index in [0.717, 1.165) is 10.5 Å². The van der Waals surface area contributed by atoms with Crippen LogP contribution in [0.3, 0.4) is 0 Å². The molecule has 19 heteroatoms. The standard InChI is InChI=1S/C58H88NO17.Y/c1-34-18-14-13-15-19-35(2)47(70-10)30-43-23-21-40(7)58(69,76-43)53(65)54(66)59-25-17-16-20-44(59)55(67)74-48(31-45(62)36(3)27-39(6)51(64)52(72-12)50(63)38(5)26-34)37(4)28-42-22-24-46(49(29-42)71-11)75-56(68)57(9,32-60)33-73-41(8)61;/h13-15,18-19,27,34,36-38,40,42-44,46-49,51-52,60,64,69H,8,16-17,20-26,28-33H2,1-7,9-12H3;/q-1;/b15-13+,18-14+,35-19+,39-27+;/t34-,36-,37+,38-,40-,42+,43+,44+,46-,47+,48+,49-,51-,52+,57?,58-;/m1./s1. The van der Waals surface area contributed by atoms with Crippen molar-refractivity contribution in [1.29, 1.82) is 0 Å². The second-order valence-corrected chi connectivity index (χ2v) is 22.3. The van der Waals surface area contributed by atoms with Crippen LogP contribution in [0.2, 0.25) is 0 Å². The van der Waals surface area contributed by atoms with E-state index >= 15 is 0 Å². The molecule has 4 aliphatic rings. The molecule has 431 valence electrons. The van der Waals surface area contributed by atoms with Crippen LogP contribution in [0.4, 0.5) is 0 Å². The summed E-state index contributed by atoms with van der Waals surface area (Å²) in [5.41, 5.74) is -0.341. The van der Waals surface area contributed by atoms with Crippen molar-refractivity contribution in [2.75, 3.05) is 41.1 Å². The number of ether oxygens (including phenoxy) is 7. The molecule has 1 saturated carbocycles. The van der Waals surface area contributed by atoms with Crippen LogP contribution in [-0.4, -0.2) is 157 Å². The Morgan fingerprint density at radius 3 is 2.23 bits per heavy atom. The minimum absolute atomic E-state index is 0. The molecule has 3 fully saturated rings. The number of piperidine rings is 1. The quantitative estimate of drug-likeness (QED) is 0.0695. The molecule has 3 aliphatic heterocycles. The molecule has 0 aromatic heterocycles. The summed E-state index contributed by atoms with van der Waals surface area (Å²) in [6, 6.07) is -1.22. The van der Waals surface area contributed by atoms with Crippen LogP contribution < -0.4 is 0 Å². The van der Waals surface area contributed by atoms with Crippen molar-refractivity contribution in [1.82, 2.24) is 4.90 Å². The van der Waals surface area contributed by atoms with Gasteiger partial charge in [-0.05, 0) is 114 Å². The number of hydrogen-bond donors (Lipinski definition) is 3. The summed E-state index contributed by atoms with van der Waals surface area (Å²) >= 11 is 0. The molecule has 1 aliphatic carbocycles. The zero-order valence-electron chi connectivity index (χ0n) is 47.4. The second-order valence-electron chi connectivity index (χ2n) is 22.3. The SMILES string of the molecule is [CH2-]C(=O)OCC(C)(CO)C(=O)O[C@@H]1CC[C@@H](C[C@H](C)[C@@H]2CC(=O)[C@H](C)/C=C(\C)[C@@H](O)[C@@H](OC)C(=O)[C@H](C)C[C@H](C)/C=C/C=C/C=C(\C)[C@@H](OC)C[C@@H]3CC[C@@H](C)[C@@](O)(O3)C(=O)C(=O)N3CCCC[C@H]3C(=O)O2)C[C@H]1OC.[Y]. The summed E-state index contributed by atoms with van der Waals surface area (Å²) in [6.45, 7) is 16.0. The Kier molecular flexibility index (Phi) is 27.8. The Hall–Kier alpha value is -3.46. The molecule has 0 aromatic rings. The number of methoxy groups -OCH3 is 3. The Balaban J connectivity index is 0.0000156. The monoisotopic (exact) mass is 1160 g/mol. The summed E-state index contributed by atoms with van der Waals surface area (Å²) in [6.07, 6.45) is 9.37. The Bertz CT molecular complexity index is 2140. The Morgan fingerprint density at radius 2 is 1.60 bits per heavy atom. The third kappa shape index (κ3) is 18.5. The van der Waals surface area contributed by atoms with Gasteiger partial charge in [0.25, 0.3) is 11.7 Å². The first-order valence-corrected chi connectivity index (χ1v) is 27.1. The number of rotatable bonds is 11. The number of nitrogens with zero attached hydrogens (tertiary/aromatic N) is 1. The van der Waals surface area contributed by atoms with E-state index in [0.29, 0.717) is 63.4 Å². The first-order valence-electron chi connectivity index (χ1n) is 27.1. The van der Waals surface area contributed by atoms with E-state index in [-0.39, 0.29) is 81.9 Å². The predicted molar refractivity (Wildman–Crippen MR) is 281 cm³/mol. The van der Waals surface area contributed by atoms with Crippen LogP contribution in [0.15, 0.2) is 47.6 Å². The fraction of sp³-hybridized carbons (Fsp3) is 0.724.